The smallest absolute Gasteiger partial charge is 0.251 e. The monoisotopic (exact) mass is 348 g/mol. The molecule has 0 atom stereocenters. The van der Waals surface area contributed by atoms with Crippen LogP contribution in [0.4, 0.5) is 0 Å². The lowest BCUT2D eigenvalue weighted by Crippen LogP contribution is -2.21. The quantitative estimate of drug-likeness (QED) is 0.778. The van der Waals surface area contributed by atoms with Gasteiger partial charge in [-0.05, 0) is 42.0 Å². The Balaban J connectivity index is 1.69. The number of imidazole rings is 1. The first-order chi connectivity index (χ1) is 12.8. The van der Waals surface area contributed by atoms with Crippen LogP contribution in [-0.4, -0.2) is 27.5 Å². The molecular formula is C21H24N4O. The van der Waals surface area contributed by atoms with Gasteiger partial charge in [-0.1, -0.05) is 31.4 Å². The predicted molar refractivity (Wildman–Crippen MR) is 102 cm³/mol. The highest BCUT2D eigenvalue weighted by Crippen LogP contribution is 2.35. The van der Waals surface area contributed by atoms with Gasteiger partial charge in [0.15, 0.2) is 0 Å². The van der Waals surface area contributed by atoms with Crippen molar-refractivity contribution in [3.8, 4) is 0 Å². The van der Waals surface area contributed by atoms with Crippen molar-refractivity contribution >= 4 is 16.9 Å². The predicted octanol–water partition coefficient (Wildman–Crippen LogP) is 3.89. The van der Waals surface area contributed by atoms with E-state index in [-0.39, 0.29) is 5.91 Å². The van der Waals surface area contributed by atoms with Crippen LogP contribution < -0.4 is 5.32 Å². The maximum atomic E-state index is 12.3. The first-order valence-electron chi connectivity index (χ1n) is 9.36. The van der Waals surface area contributed by atoms with E-state index in [1.165, 1.54) is 43.2 Å². The summed E-state index contributed by atoms with van der Waals surface area (Å²) >= 11 is 0. The Kier molecular flexibility index (Phi) is 4.69. The molecule has 0 aliphatic heterocycles. The van der Waals surface area contributed by atoms with Gasteiger partial charge < -0.3 is 9.88 Å². The molecule has 26 heavy (non-hydrogen) atoms. The van der Waals surface area contributed by atoms with Crippen molar-refractivity contribution in [1.82, 2.24) is 19.9 Å². The van der Waals surface area contributed by atoms with Crippen molar-refractivity contribution in [2.75, 3.05) is 7.05 Å². The minimum atomic E-state index is 0.0104. The zero-order chi connectivity index (χ0) is 17.9. The summed E-state index contributed by atoms with van der Waals surface area (Å²) in [5.41, 5.74) is 5.21. The summed E-state index contributed by atoms with van der Waals surface area (Å²) in [6.45, 7) is 0.744. The fraction of sp³-hybridized carbons (Fsp3) is 0.381. The molecular weight excluding hydrogens is 324 g/mol. The number of nitrogens with one attached hydrogen (secondary N) is 1. The number of aromatic nitrogens is 3. The molecule has 4 rings (SSSR count). The minimum Gasteiger partial charge on any atom is -0.355 e. The van der Waals surface area contributed by atoms with E-state index in [2.05, 4.69) is 32.0 Å². The molecule has 1 N–H and O–H groups in total. The highest BCUT2D eigenvalue weighted by molar-refractivity contribution is 5.95. The van der Waals surface area contributed by atoms with Crippen LogP contribution in [0.25, 0.3) is 11.0 Å². The third kappa shape index (κ3) is 3.21. The highest BCUT2D eigenvalue weighted by Gasteiger charge is 2.21. The molecule has 0 saturated heterocycles. The number of carbonyl (C=O) groups excluding carboxylic acids is 1. The average molecular weight is 348 g/mol. The molecule has 5 nitrogen and oxygen atoms in total. The SMILES string of the molecule is CNC(=O)c1ccc(Cn2cnc3cnccc32)cc1C1CCCCC1. The van der Waals surface area contributed by atoms with Crippen LogP contribution in [0, 0.1) is 0 Å². The highest BCUT2D eigenvalue weighted by atomic mass is 16.1. The largest absolute Gasteiger partial charge is 0.355 e. The van der Waals surface area contributed by atoms with E-state index < -0.39 is 0 Å². The van der Waals surface area contributed by atoms with Gasteiger partial charge in [-0.15, -0.1) is 0 Å². The van der Waals surface area contributed by atoms with Crippen molar-refractivity contribution in [1.29, 1.82) is 0 Å². The van der Waals surface area contributed by atoms with Gasteiger partial charge in [-0.25, -0.2) is 4.98 Å². The first-order valence-corrected chi connectivity index (χ1v) is 9.36. The zero-order valence-corrected chi connectivity index (χ0v) is 15.1. The van der Waals surface area contributed by atoms with Crippen molar-refractivity contribution in [3.05, 3.63) is 59.7 Å². The summed E-state index contributed by atoms with van der Waals surface area (Å²) in [5, 5.41) is 2.79. The second-order valence-electron chi connectivity index (χ2n) is 7.07. The Morgan fingerprint density at radius 1 is 1.23 bits per heavy atom. The molecule has 3 aromatic rings. The number of benzene rings is 1. The van der Waals surface area contributed by atoms with E-state index in [0.717, 1.165) is 23.1 Å². The van der Waals surface area contributed by atoms with E-state index in [1.54, 1.807) is 19.4 Å². The van der Waals surface area contributed by atoms with Crippen molar-refractivity contribution in [2.24, 2.45) is 0 Å². The van der Waals surface area contributed by atoms with Crippen molar-refractivity contribution < 1.29 is 4.79 Å². The lowest BCUT2D eigenvalue weighted by atomic mass is 9.81. The molecule has 2 aromatic heterocycles. The van der Waals surface area contributed by atoms with Crippen LogP contribution in [-0.2, 0) is 6.54 Å². The van der Waals surface area contributed by atoms with Gasteiger partial charge in [0.25, 0.3) is 5.91 Å². The van der Waals surface area contributed by atoms with E-state index in [0.29, 0.717) is 5.92 Å². The Morgan fingerprint density at radius 2 is 2.08 bits per heavy atom. The molecule has 0 radical (unpaired) electrons. The minimum absolute atomic E-state index is 0.0104. The van der Waals surface area contributed by atoms with Crippen LogP contribution in [0.5, 0.6) is 0 Å². The van der Waals surface area contributed by atoms with Gasteiger partial charge in [-0.3, -0.25) is 9.78 Å². The molecule has 1 aromatic carbocycles. The molecule has 134 valence electrons. The van der Waals surface area contributed by atoms with Crippen LogP contribution in [0.2, 0.25) is 0 Å². The van der Waals surface area contributed by atoms with Crippen LogP contribution >= 0.6 is 0 Å². The number of carbonyl (C=O) groups is 1. The fourth-order valence-corrected chi connectivity index (χ4v) is 4.04. The summed E-state index contributed by atoms with van der Waals surface area (Å²) in [6, 6.07) is 8.26. The van der Waals surface area contributed by atoms with E-state index in [1.807, 2.05) is 18.5 Å². The summed E-state index contributed by atoms with van der Waals surface area (Å²) in [5.74, 6) is 0.496. The summed E-state index contributed by atoms with van der Waals surface area (Å²) in [7, 11) is 1.70. The van der Waals surface area contributed by atoms with E-state index >= 15 is 0 Å². The van der Waals surface area contributed by atoms with Gasteiger partial charge in [-0.2, -0.15) is 0 Å². The standard InChI is InChI=1S/C21H24N4O/c1-22-21(26)17-8-7-15(11-18(17)16-5-3-2-4-6-16)13-25-14-24-19-12-23-10-9-20(19)25/h7-12,14,16H,2-6,13H2,1H3,(H,22,26). The summed E-state index contributed by atoms with van der Waals surface area (Å²) in [6.07, 6.45) is 11.6. The third-order valence-electron chi connectivity index (χ3n) is 5.41. The molecule has 0 unspecified atom stereocenters. The second-order valence-corrected chi connectivity index (χ2v) is 7.07. The number of nitrogens with zero attached hydrogens (tertiary/aromatic N) is 3. The number of fused-ring (bicyclic) bond motifs is 1. The molecule has 0 spiro atoms. The summed E-state index contributed by atoms with van der Waals surface area (Å²) in [4.78, 5) is 20.9. The van der Waals surface area contributed by atoms with Gasteiger partial charge in [0, 0.05) is 25.4 Å². The zero-order valence-electron chi connectivity index (χ0n) is 15.1. The topological polar surface area (TPSA) is 59.8 Å². The fourth-order valence-electron chi connectivity index (χ4n) is 4.04. The average Bonchev–Trinajstić information content (AvgIpc) is 3.11. The molecule has 1 saturated carbocycles. The van der Waals surface area contributed by atoms with Crippen LogP contribution in [0.15, 0.2) is 43.0 Å². The number of amides is 1. The maximum Gasteiger partial charge on any atom is 0.251 e. The van der Waals surface area contributed by atoms with Gasteiger partial charge in [0.2, 0.25) is 0 Å². The number of hydrogen-bond acceptors (Lipinski definition) is 3. The van der Waals surface area contributed by atoms with Crippen LogP contribution in [0.1, 0.15) is 59.5 Å². The van der Waals surface area contributed by atoms with Gasteiger partial charge in [0.1, 0.15) is 5.52 Å². The number of hydrogen-bond donors (Lipinski definition) is 1. The lowest BCUT2D eigenvalue weighted by molar-refractivity contribution is 0.0961. The Hall–Kier alpha value is -2.69. The van der Waals surface area contributed by atoms with Gasteiger partial charge in [0.05, 0.1) is 18.0 Å². The first kappa shape index (κ1) is 16.8. The number of pyridine rings is 1. The molecule has 2 heterocycles. The Morgan fingerprint density at radius 3 is 2.88 bits per heavy atom. The normalized spacial score (nSPS) is 15.3. The third-order valence-corrected chi connectivity index (χ3v) is 5.41. The molecule has 5 heteroatoms. The van der Waals surface area contributed by atoms with E-state index in [9.17, 15) is 4.79 Å². The molecule has 1 amide bonds. The second kappa shape index (κ2) is 7.28. The van der Waals surface area contributed by atoms with Crippen molar-refractivity contribution in [2.45, 2.75) is 44.6 Å². The Bertz CT molecular complexity index is 925. The maximum absolute atomic E-state index is 12.3. The summed E-state index contributed by atoms with van der Waals surface area (Å²) < 4.78 is 2.14. The number of rotatable bonds is 4. The molecule has 1 aliphatic carbocycles. The van der Waals surface area contributed by atoms with E-state index in [4.69, 9.17) is 0 Å². The molecule has 1 aliphatic rings. The van der Waals surface area contributed by atoms with Gasteiger partial charge >= 0.3 is 0 Å². The lowest BCUT2D eigenvalue weighted by Gasteiger charge is -2.24. The molecule has 1 fully saturated rings. The Labute approximate surface area is 153 Å². The van der Waals surface area contributed by atoms with Crippen LogP contribution in [0.3, 0.4) is 0 Å². The van der Waals surface area contributed by atoms with Crippen molar-refractivity contribution in [3.63, 3.8) is 0 Å². The molecule has 0 bridgehead atoms.